The summed E-state index contributed by atoms with van der Waals surface area (Å²) in [6.07, 6.45) is 0. The van der Waals surface area contributed by atoms with Gasteiger partial charge in [-0.15, -0.1) is 0 Å². The first kappa shape index (κ1) is 12.1. The van der Waals surface area contributed by atoms with Gasteiger partial charge in [-0.05, 0) is 42.3 Å². The van der Waals surface area contributed by atoms with Gasteiger partial charge < -0.3 is 5.11 Å². The van der Waals surface area contributed by atoms with E-state index in [1.165, 1.54) is 12.1 Å². The number of halogens is 2. The largest absolute Gasteiger partial charge is 0.381 e. The van der Waals surface area contributed by atoms with Crippen molar-refractivity contribution < 1.29 is 9.50 Å². The number of benzene rings is 2. The van der Waals surface area contributed by atoms with E-state index in [1.807, 2.05) is 0 Å². The normalized spacial score (nSPS) is 14.4. The van der Waals surface area contributed by atoms with Crippen LogP contribution in [-0.2, 0) is 5.60 Å². The first-order chi connectivity index (χ1) is 8.00. The summed E-state index contributed by atoms with van der Waals surface area (Å²) in [5.41, 5.74) is 0.202. The molecule has 17 heavy (non-hydrogen) atoms. The molecular weight excluding hydrogens is 239 g/mol. The topological polar surface area (TPSA) is 20.2 Å². The highest BCUT2D eigenvalue weighted by Crippen LogP contribution is 2.29. The average Bonchev–Trinajstić information content (AvgIpc) is 2.30. The van der Waals surface area contributed by atoms with Crippen LogP contribution >= 0.6 is 11.6 Å². The number of aliphatic hydroxyl groups is 1. The summed E-state index contributed by atoms with van der Waals surface area (Å²) in [6, 6.07) is 12.8. The molecule has 0 radical (unpaired) electrons. The Kier molecular flexibility index (Phi) is 3.18. The first-order valence-electron chi connectivity index (χ1n) is 5.24. The van der Waals surface area contributed by atoms with Gasteiger partial charge in [-0.1, -0.05) is 35.9 Å². The summed E-state index contributed by atoms with van der Waals surface area (Å²) in [5.74, 6) is -0.319. The van der Waals surface area contributed by atoms with Crippen molar-refractivity contribution in [1.29, 1.82) is 0 Å². The summed E-state index contributed by atoms with van der Waals surface area (Å²) < 4.78 is 12.8. The minimum absolute atomic E-state index is 0.319. The van der Waals surface area contributed by atoms with Crippen LogP contribution in [0.2, 0.25) is 5.02 Å². The molecule has 0 bridgehead atoms. The fourth-order valence-electron chi connectivity index (χ4n) is 1.72. The molecule has 0 saturated heterocycles. The molecule has 1 atom stereocenters. The summed E-state index contributed by atoms with van der Waals surface area (Å²) in [4.78, 5) is 0. The molecule has 0 saturated carbocycles. The van der Waals surface area contributed by atoms with Crippen molar-refractivity contribution in [3.8, 4) is 0 Å². The maximum atomic E-state index is 12.8. The van der Waals surface area contributed by atoms with Crippen LogP contribution in [0, 0.1) is 5.82 Å². The Morgan fingerprint density at radius 3 is 1.82 bits per heavy atom. The molecule has 3 heteroatoms. The monoisotopic (exact) mass is 250 g/mol. The predicted octanol–water partition coefficient (Wildman–Crippen LogP) is 3.73. The number of rotatable bonds is 2. The number of hydrogen-bond acceptors (Lipinski definition) is 1. The van der Waals surface area contributed by atoms with E-state index in [4.69, 9.17) is 11.6 Å². The van der Waals surface area contributed by atoms with E-state index < -0.39 is 5.60 Å². The summed E-state index contributed by atoms with van der Waals surface area (Å²) in [5, 5.41) is 11.1. The van der Waals surface area contributed by atoms with Crippen molar-refractivity contribution in [2.24, 2.45) is 0 Å². The van der Waals surface area contributed by atoms with Crippen LogP contribution in [0.4, 0.5) is 4.39 Å². The molecule has 1 N–H and O–H groups in total. The van der Waals surface area contributed by atoms with Crippen molar-refractivity contribution in [2.45, 2.75) is 12.5 Å². The molecule has 1 nitrogen and oxygen atoms in total. The van der Waals surface area contributed by atoms with Gasteiger partial charge in [0, 0.05) is 5.02 Å². The van der Waals surface area contributed by atoms with Gasteiger partial charge in [-0.2, -0.15) is 0 Å². The Labute approximate surface area is 104 Å². The van der Waals surface area contributed by atoms with Crippen molar-refractivity contribution >= 4 is 11.6 Å². The average molecular weight is 251 g/mol. The molecule has 2 aromatic carbocycles. The van der Waals surface area contributed by atoms with Crippen molar-refractivity contribution in [3.05, 3.63) is 70.5 Å². The Morgan fingerprint density at radius 2 is 1.35 bits per heavy atom. The van der Waals surface area contributed by atoms with Gasteiger partial charge in [0.25, 0.3) is 0 Å². The molecule has 0 amide bonds. The molecule has 2 aromatic rings. The van der Waals surface area contributed by atoms with Gasteiger partial charge in [0.2, 0.25) is 0 Å². The first-order valence-corrected chi connectivity index (χ1v) is 5.62. The second-order valence-electron chi connectivity index (χ2n) is 4.09. The molecular formula is C14H12ClFO. The smallest absolute Gasteiger partial charge is 0.123 e. The third-order valence-corrected chi connectivity index (χ3v) is 3.06. The lowest BCUT2D eigenvalue weighted by Gasteiger charge is -2.24. The zero-order valence-electron chi connectivity index (χ0n) is 9.32. The number of hydrogen-bond donors (Lipinski definition) is 1. The van der Waals surface area contributed by atoms with E-state index in [0.717, 1.165) is 0 Å². The molecule has 0 heterocycles. The van der Waals surface area contributed by atoms with Crippen LogP contribution in [0.25, 0.3) is 0 Å². The van der Waals surface area contributed by atoms with Crippen LogP contribution in [0.15, 0.2) is 48.5 Å². The fourth-order valence-corrected chi connectivity index (χ4v) is 1.84. The van der Waals surface area contributed by atoms with E-state index in [9.17, 15) is 9.50 Å². The van der Waals surface area contributed by atoms with Crippen LogP contribution in [-0.4, -0.2) is 5.11 Å². The maximum absolute atomic E-state index is 12.8. The SMILES string of the molecule is C[C@](O)(c1ccc(F)cc1)c1ccc(Cl)cc1. The minimum atomic E-state index is -1.15. The van der Waals surface area contributed by atoms with E-state index in [-0.39, 0.29) is 5.82 Å². The van der Waals surface area contributed by atoms with Gasteiger partial charge in [0.15, 0.2) is 0 Å². The van der Waals surface area contributed by atoms with Crippen molar-refractivity contribution in [1.82, 2.24) is 0 Å². The summed E-state index contributed by atoms with van der Waals surface area (Å²) >= 11 is 5.80. The highest BCUT2D eigenvalue weighted by molar-refractivity contribution is 6.30. The third-order valence-electron chi connectivity index (χ3n) is 2.81. The molecule has 0 aromatic heterocycles. The molecule has 88 valence electrons. The molecule has 0 aliphatic rings. The minimum Gasteiger partial charge on any atom is -0.381 e. The van der Waals surface area contributed by atoms with Crippen molar-refractivity contribution in [3.63, 3.8) is 0 Å². The molecule has 0 spiro atoms. The van der Waals surface area contributed by atoms with E-state index in [2.05, 4.69) is 0 Å². The summed E-state index contributed by atoms with van der Waals surface area (Å²) in [6.45, 7) is 1.67. The Balaban J connectivity index is 2.41. The van der Waals surface area contributed by atoms with Crippen LogP contribution in [0.3, 0.4) is 0 Å². The Hall–Kier alpha value is -1.38. The molecule has 0 fully saturated rings. The lowest BCUT2D eigenvalue weighted by atomic mass is 9.88. The zero-order valence-corrected chi connectivity index (χ0v) is 10.1. The molecule has 0 aliphatic carbocycles. The highest BCUT2D eigenvalue weighted by Gasteiger charge is 2.25. The Morgan fingerprint density at radius 1 is 0.941 bits per heavy atom. The van der Waals surface area contributed by atoms with Crippen LogP contribution in [0.5, 0.6) is 0 Å². The van der Waals surface area contributed by atoms with Crippen molar-refractivity contribution in [2.75, 3.05) is 0 Å². The molecule has 0 unspecified atom stereocenters. The van der Waals surface area contributed by atoms with Crippen LogP contribution < -0.4 is 0 Å². The van der Waals surface area contributed by atoms with E-state index >= 15 is 0 Å². The summed E-state index contributed by atoms with van der Waals surface area (Å²) in [7, 11) is 0. The van der Waals surface area contributed by atoms with E-state index in [1.54, 1.807) is 43.3 Å². The van der Waals surface area contributed by atoms with E-state index in [0.29, 0.717) is 16.1 Å². The van der Waals surface area contributed by atoms with Gasteiger partial charge in [0.05, 0.1) is 0 Å². The van der Waals surface area contributed by atoms with Gasteiger partial charge in [0.1, 0.15) is 11.4 Å². The highest BCUT2D eigenvalue weighted by atomic mass is 35.5. The second kappa shape index (κ2) is 4.47. The maximum Gasteiger partial charge on any atom is 0.123 e. The lowest BCUT2D eigenvalue weighted by molar-refractivity contribution is 0.102. The van der Waals surface area contributed by atoms with Gasteiger partial charge in [-0.3, -0.25) is 0 Å². The quantitative estimate of drug-likeness (QED) is 0.861. The zero-order chi connectivity index (χ0) is 12.5. The van der Waals surface area contributed by atoms with Gasteiger partial charge >= 0.3 is 0 Å². The molecule has 2 rings (SSSR count). The Bertz CT molecular complexity index is 455. The van der Waals surface area contributed by atoms with Crippen LogP contribution in [0.1, 0.15) is 18.1 Å². The lowest BCUT2D eigenvalue weighted by Crippen LogP contribution is -2.22. The third kappa shape index (κ3) is 2.48. The fraction of sp³-hybridized carbons (Fsp3) is 0.143. The van der Waals surface area contributed by atoms with Gasteiger partial charge in [-0.25, -0.2) is 4.39 Å². The molecule has 0 aliphatic heterocycles. The standard InChI is InChI=1S/C14H12ClFO/c1-14(17,10-2-6-12(15)7-3-10)11-4-8-13(16)9-5-11/h2-9,17H,1H3/t14-/m1/s1. The predicted molar refractivity (Wildman–Crippen MR) is 66.5 cm³/mol. The second-order valence-corrected chi connectivity index (χ2v) is 4.52.